The molecule has 0 saturated heterocycles. The third-order valence-corrected chi connectivity index (χ3v) is 2.13. The number of hydrogen-bond acceptors (Lipinski definition) is 1. The van der Waals surface area contributed by atoms with Gasteiger partial charge in [0.25, 0.3) is 0 Å². The minimum Gasteiger partial charge on any atom is -0.330 e. The zero-order chi connectivity index (χ0) is 10.2. The molecule has 0 fully saturated rings. The lowest BCUT2D eigenvalue weighted by Crippen LogP contribution is -1.94. The van der Waals surface area contributed by atoms with E-state index in [9.17, 15) is 0 Å². The first kappa shape index (κ1) is 11.0. The van der Waals surface area contributed by atoms with Crippen molar-refractivity contribution in [3.63, 3.8) is 0 Å². The molecule has 0 atom stereocenters. The van der Waals surface area contributed by atoms with Gasteiger partial charge in [-0.3, -0.25) is 0 Å². The number of benzene rings is 1. The Kier molecular flexibility index (Phi) is 5.02. The first-order chi connectivity index (χ1) is 6.86. The second-order valence-electron chi connectivity index (χ2n) is 3.47. The molecule has 14 heavy (non-hydrogen) atoms. The first-order valence-electron chi connectivity index (χ1n) is 5.32. The van der Waals surface area contributed by atoms with Gasteiger partial charge in [0.05, 0.1) is 0 Å². The summed E-state index contributed by atoms with van der Waals surface area (Å²) in [5.41, 5.74) is 8.12. The highest BCUT2D eigenvalue weighted by Crippen LogP contribution is 2.09. The molecule has 0 saturated carbocycles. The normalized spacial score (nSPS) is 11.0. The van der Waals surface area contributed by atoms with Crippen LogP contribution < -0.4 is 5.73 Å². The third-order valence-electron chi connectivity index (χ3n) is 2.13. The molecule has 1 nitrogen and oxygen atoms in total. The summed E-state index contributed by atoms with van der Waals surface area (Å²) in [4.78, 5) is 0. The highest BCUT2D eigenvalue weighted by Gasteiger charge is 1.91. The van der Waals surface area contributed by atoms with Crippen LogP contribution in [0, 0.1) is 0 Å². The van der Waals surface area contributed by atoms with E-state index in [1.807, 2.05) is 0 Å². The predicted octanol–water partition coefficient (Wildman–Crippen LogP) is 3.00. The second kappa shape index (κ2) is 6.39. The molecule has 0 bridgehead atoms. The van der Waals surface area contributed by atoms with Crippen LogP contribution in [0.15, 0.2) is 30.3 Å². The molecule has 0 amide bonds. The average molecular weight is 189 g/mol. The van der Waals surface area contributed by atoms with Crippen molar-refractivity contribution < 1.29 is 0 Å². The quantitative estimate of drug-likeness (QED) is 0.757. The molecule has 0 aromatic heterocycles. The van der Waals surface area contributed by atoms with Crippen LogP contribution in [-0.4, -0.2) is 6.54 Å². The predicted molar refractivity (Wildman–Crippen MR) is 63.1 cm³/mol. The summed E-state index contributed by atoms with van der Waals surface area (Å²) in [5.74, 6) is 0. The van der Waals surface area contributed by atoms with Crippen LogP contribution in [0.1, 0.15) is 30.9 Å². The second-order valence-corrected chi connectivity index (χ2v) is 3.47. The zero-order valence-electron chi connectivity index (χ0n) is 8.87. The highest BCUT2D eigenvalue weighted by atomic mass is 14.5. The van der Waals surface area contributed by atoms with E-state index in [4.69, 9.17) is 5.73 Å². The maximum Gasteiger partial charge on any atom is -0.00425 e. The molecule has 2 N–H and O–H groups in total. The Bertz CT molecular complexity index is 289. The van der Waals surface area contributed by atoms with Gasteiger partial charge in [-0.2, -0.15) is 0 Å². The van der Waals surface area contributed by atoms with Gasteiger partial charge < -0.3 is 5.73 Å². The lowest BCUT2D eigenvalue weighted by atomic mass is 10.1. The molecule has 0 heterocycles. The lowest BCUT2D eigenvalue weighted by Gasteiger charge is -1.99. The van der Waals surface area contributed by atoms with Gasteiger partial charge in [-0.15, -0.1) is 0 Å². The van der Waals surface area contributed by atoms with E-state index in [0.717, 1.165) is 13.0 Å². The van der Waals surface area contributed by atoms with Crippen LogP contribution in [0.25, 0.3) is 6.08 Å². The van der Waals surface area contributed by atoms with E-state index >= 15 is 0 Å². The van der Waals surface area contributed by atoms with Crippen molar-refractivity contribution in [1.29, 1.82) is 0 Å². The van der Waals surface area contributed by atoms with Gasteiger partial charge in [-0.25, -0.2) is 0 Å². The van der Waals surface area contributed by atoms with Gasteiger partial charge in [0.1, 0.15) is 0 Å². The lowest BCUT2D eigenvalue weighted by molar-refractivity contribution is 0.921. The minimum absolute atomic E-state index is 0.727. The summed E-state index contributed by atoms with van der Waals surface area (Å²) in [6.45, 7) is 2.93. The van der Waals surface area contributed by atoms with Gasteiger partial charge in [-0.1, -0.05) is 49.8 Å². The van der Waals surface area contributed by atoms with Crippen molar-refractivity contribution in [1.82, 2.24) is 0 Å². The Hall–Kier alpha value is -1.08. The number of aryl methyl sites for hydroxylation is 1. The van der Waals surface area contributed by atoms with Gasteiger partial charge >= 0.3 is 0 Å². The Morgan fingerprint density at radius 3 is 2.93 bits per heavy atom. The number of hydrogen-bond donors (Lipinski definition) is 1. The molecular weight excluding hydrogens is 170 g/mol. The molecule has 0 radical (unpaired) electrons. The number of nitrogens with two attached hydrogens (primary N) is 1. The SMILES string of the molecule is CCCc1cccc(/C=C/CCN)c1. The Balaban J connectivity index is 2.63. The standard InChI is InChI=1S/C13H19N/c1-2-6-12-8-5-9-13(11-12)7-3-4-10-14/h3,5,7-9,11H,2,4,6,10,14H2,1H3/b7-3+. The van der Waals surface area contributed by atoms with E-state index in [1.54, 1.807) is 0 Å². The third kappa shape index (κ3) is 3.75. The Morgan fingerprint density at radius 1 is 1.36 bits per heavy atom. The zero-order valence-corrected chi connectivity index (χ0v) is 8.87. The molecule has 1 heteroatoms. The molecule has 0 spiro atoms. The minimum atomic E-state index is 0.727. The smallest absolute Gasteiger partial charge is 0.00425 e. The van der Waals surface area contributed by atoms with Crippen molar-refractivity contribution in [3.8, 4) is 0 Å². The fourth-order valence-corrected chi connectivity index (χ4v) is 1.46. The van der Waals surface area contributed by atoms with Crippen LogP contribution in [0.3, 0.4) is 0 Å². The van der Waals surface area contributed by atoms with E-state index in [2.05, 4.69) is 43.3 Å². The van der Waals surface area contributed by atoms with Crippen molar-refractivity contribution in [2.45, 2.75) is 26.2 Å². The van der Waals surface area contributed by atoms with Gasteiger partial charge in [0.2, 0.25) is 0 Å². The first-order valence-corrected chi connectivity index (χ1v) is 5.32. The molecule has 1 aromatic rings. The van der Waals surface area contributed by atoms with Crippen LogP contribution in [-0.2, 0) is 6.42 Å². The van der Waals surface area contributed by atoms with Crippen LogP contribution >= 0.6 is 0 Å². The summed E-state index contributed by atoms with van der Waals surface area (Å²) in [7, 11) is 0. The van der Waals surface area contributed by atoms with Crippen molar-refractivity contribution in [2.24, 2.45) is 5.73 Å². The Labute approximate surface area is 86.6 Å². The summed E-state index contributed by atoms with van der Waals surface area (Å²) >= 11 is 0. The van der Waals surface area contributed by atoms with Gasteiger partial charge in [-0.05, 0) is 30.5 Å². The largest absolute Gasteiger partial charge is 0.330 e. The maximum absolute atomic E-state index is 5.42. The fraction of sp³-hybridized carbons (Fsp3) is 0.385. The summed E-state index contributed by atoms with van der Waals surface area (Å²) in [5, 5.41) is 0. The average Bonchev–Trinajstić information content (AvgIpc) is 2.19. The van der Waals surface area contributed by atoms with Crippen LogP contribution in [0.2, 0.25) is 0 Å². The van der Waals surface area contributed by atoms with E-state index < -0.39 is 0 Å². The number of rotatable bonds is 5. The molecule has 0 unspecified atom stereocenters. The monoisotopic (exact) mass is 189 g/mol. The summed E-state index contributed by atoms with van der Waals surface area (Å²) in [6.07, 6.45) is 7.60. The van der Waals surface area contributed by atoms with Crippen molar-refractivity contribution in [3.05, 3.63) is 41.5 Å². The molecule has 0 aliphatic rings. The summed E-state index contributed by atoms with van der Waals surface area (Å²) in [6, 6.07) is 8.68. The molecular formula is C13H19N. The summed E-state index contributed by atoms with van der Waals surface area (Å²) < 4.78 is 0. The van der Waals surface area contributed by atoms with E-state index in [-0.39, 0.29) is 0 Å². The molecule has 1 rings (SSSR count). The Morgan fingerprint density at radius 2 is 2.21 bits per heavy atom. The van der Waals surface area contributed by atoms with Gasteiger partial charge in [0.15, 0.2) is 0 Å². The maximum atomic E-state index is 5.42. The van der Waals surface area contributed by atoms with E-state index in [1.165, 1.54) is 24.0 Å². The molecule has 0 aliphatic heterocycles. The molecule has 1 aromatic carbocycles. The van der Waals surface area contributed by atoms with Crippen molar-refractivity contribution in [2.75, 3.05) is 6.54 Å². The van der Waals surface area contributed by atoms with Gasteiger partial charge in [0, 0.05) is 0 Å². The van der Waals surface area contributed by atoms with Crippen LogP contribution in [0.4, 0.5) is 0 Å². The topological polar surface area (TPSA) is 26.0 Å². The van der Waals surface area contributed by atoms with Crippen molar-refractivity contribution >= 4 is 6.08 Å². The highest BCUT2D eigenvalue weighted by molar-refractivity contribution is 5.50. The molecule has 76 valence electrons. The fourth-order valence-electron chi connectivity index (χ4n) is 1.46. The van der Waals surface area contributed by atoms with Crippen LogP contribution in [0.5, 0.6) is 0 Å². The molecule has 0 aliphatic carbocycles. The van der Waals surface area contributed by atoms with E-state index in [0.29, 0.717) is 0 Å².